The molecule has 0 aromatic carbocycles. The van der Waals surface area contributed by atoms with Crippen LogP contribution in [0.25, 0.3) is 0 Å². The van der Waals surface area contributed by atoms with Gasteiger partial charge >= 0.3 is 0 Å². The Labute approximate surface area is 114 Å². The summed E-state index contributed by atoms with van der Waals surface area (Å²) in [5.74, 6) is 2.24. The van der Waals surface area contributed by atoms with Gasteiger partial charge in [-0.3, -0.25) is 4.79 Å². The summed E-state index contributed by atoms with van der Waals surface area (Å²) in [5.41, 5.74) is 0. The fraction of sp³-hybridized carbons (Fsp3) is 0.643. The molecule has 1 aliphatic rings. The van der Waals surface area contributed by atoms with E-state index >= 15 is 0 Å². The predicted octanol–water partition coefficient (Wildman–Crippen LogP) is 1.88. The molecule has 1 aliphatic heterocycles. The molecule has 1 fully saturated rings. The smallest absolute Gasteiger partial charge is 0.136 e. The first-order valence-corrected chi connectivity index (χ1v) is 7.00. The molecule has 0 radical (unpaired) electrons. The van der Waals surface area contributed by atoms with Crippen LogP contribution in [0.4, 0.5) is 11.6 Å². The maximum atomic E-state index is 11.3. The lowest BCUT2D eigenvalue weighted by Gasteiger charge is -2.28. The topological polar surface area (TPSA) is 49.3 Å². The van der Waals surface area contributed by atoms with Crippen molar-refractivity contribution in [3.05, 3.63) is 12.4 Å². The summed E-state index contributed by atoms with van der Waals surface area (Å²) in [6.45, 7) is 4.73. The highest BCUT2D eigenvalue weighted by Gasteiger charge is 2.18. The first-order valence-electron chi connectivity index (χ1n) is 7.00. The number of piperidine rings is 1. The summed E-state index contributed by atoms with van der Waals surface area (Å²) < 4.78 is 0. The van der Waals surface area contributed by atoms with E-state index < -0.39 is 0 Å². The molecule has 1 aromatic heterocycles. The van der Waals surface area contributed by atoms with Gasteiger partial charge in [-0.25, -0.2) is 9.97 Å². The Kier molecular flexibility index (Phi) is 4.71. The van der Waals surface area contributed by atoms with Crippen molar-refractivity contribution in [2.24, 2.45) is 0 Å². The summed E-state index contributed by atoms with van der Waals surface area (Å²) in [5, 5.41) is 0. The number of nitrogens with zero attached hydrogens (tertiary/aromatic N) is 4. The third-order valence-electron chi connectivity index (χ3n) is 3.52. The summed E-state index contributed by atoms with van der Waals surface area (Å²) in [7, 11) is 2.06. The average Bonchev–Trinajstić information content (AvgIpc) is 2.45. The average molecular weight is 262 g/mol. The van der Waals surface area contributed by atoms with Gasteiger partial charge in [-0.1, -0.05) is 13.3 Å². The maximum Gasteiger partial charge on any atom is 0.136 e. The van der Waals surface area contributed by atoms with Crippen molar-refractivity contribution in [1.82, 2.24) is 9.97 Å². The van der Waals surface area contributed by atoms with Crippen molar-refractivity contribution in [2.45, 2.75) is 32.6 Å². The molecule has 0 unspecified atom stereocenters. The third kappa shape index (κ3) is 3.66. The van der Waals surface area contributed by atoms with Crippen LogP contribution in [0.3, 0.4) is 0 Å². The minimum Gasteiger partial charge on any atom is -0.360 e. The Bertz CT molecular complexity index is 425. The molecule has 0 saturated carbocycles. The van der Waals surface area contributed by atoms with Gasteiger partial charge in [-0.15, -0.1) is 0 Å². The summed E-state index contributed by atoms with van der Waals surface area (Å²) in [6.07, 6.45) is 5.21. The molecule has 19 heavy (non-hydrogen) atoms. The molecule has 5 heteroatoms. The molecule has 0 aliphatic carbocycles. The lowest BCUT2D eigenvalue weighted by Crippen LogP contribution is -2.34. The summed E-state index contributed by atoms with van der Waals surface area (Å²) >= 11 is 0. The number of aromatic nitrogens is 2. The molecular formula is C14H22N4O. The van der Waals surface area contributed by atoms with Crippen LogP contribution in [-0.4, -0.2) is 42.4 Å². The van der Waals surface area contributed by atoms with Crippen molar-refractivity contribution < 1.29 is 4.79 Å². The van der Waals surface area contributed by atoms with E-state index in [4.69, 9.17) is 0 Å². The van der Waals surface area contributed by atoms with E-state index in [1.54, 1.807) is 6.33 Å². The number of rotatable bonds is 5. The molecule has 0 N–H and O–H groups in total. The van der Waals surface area contributed by atoms with E-state index in [2.05, 4.69) is 33.7 Å². The van der Waals surface area contributed by atoms with Crippen molar-refractivity contribution in [3.8, 4) is 0 Å². The number of Topliss-reactive ketones (excluding diaryl/α,β-unsaturated/α-hetero) is 1. The first-order chi connectivity index (χ1) is 9.20. The number of anilines is 2. The van der Waals surface area contributed by atoms with Crippen LogP contribution >= 0.6 is 0 Å². The molecule has 2 rings (SSSR count). The minimum absolute atomic E-state index is 0.352. The minimum atomic E-state index is 0.352. The van der Waals surface area contributed by atoms with Crippen molar-refractivity contribution in [3.63, 3.8) is 0 Å². The second-order valence-electron chi connectivity index (χ2n) is 5.04. The van der Waals surface area contributed by atoms with E-state index in [1.807, 2.05) is 6.07 Å². The zero-order valence-electron chi connectivity index (χ0n) is 11.8. The normalized spacial score (nSPS) is 15.7. The molecule has 0 atom stereocenters. The number of hydrogen-bond acceptors (Lipinski definition) is 5. The van der Waals surface area contributed by atoms with Crippen LogP contribution in [-0.2, 0) is 4.79 Å². The fourth-order valence-corrected chi connectivity index (χ4v) is 2.21. The van der Waals surface area contributed by atoms with Gasteiger partial charge < -0.3 is 9.80 Å². The monoisotopic (exact) mass is 262 g/mol. The molecule has 0 bridgehead atoms. The zero-order chi connectivity index (χ0) is 13.7. The van der Waals surface area contributed by atoms with Crippen LogP contribution in [0.2, 0.25) is 0 Å². The number of carbonyl (C=O) groups excluding carboxylic acids is 1. The Morgan fingerprint density at radius 1 is 1.32 bits per heavy atom. The van der Waals surface area contributed by atoms with Gasteiger partial charge in [0.2, 0.25) is 0 Å². The van der Waals surface area contributed by atoms with Crippen LogP contribution in [0.15, 0.2) is 12.4 Å². The van der Waals surface area contributed by atoms with Crippen molar-refractivity contribution >= 4 is 17.4 Å². The molecule has 2 heterocycles. The number of hydrogen-bond donors (Lipinski definition) is 0. The molecular weight excluding hydrogens is 240 g/mol. The second-order valence-corrected chi connectivity index (χ2v) is 5.04. The van der Waals surface area contributed by atoms with Gasteiger partial charge in [-0.05, 0) is 6.42 Å². The van der Waals surface area contributed by atoms with E-state index in [0.717, 1.165) is 37.7 Å². The largest absolute Gasteiger partial charge is 0.360 e. The standard InChI is InChI=1S/C14H22N4O/c1-3-4-7-17(2)13-10-14(16-11-15-13)18-8-5-12(19)6-9-18/h10-11H,3-9H2,1-2H3. The van der Waals surface area contributed by atoms with Crippen molar-refractivity contribution in [2.75, 3.05) is 36.5 Å². The van der Waals surface area contributed by atoms with Gasteiger partial charge in [0.05, 0.1) is 0 Å². The highest BCUT2D eigenvalue weighted by Crippen LogP contribution is 2.19. The Morgan fingerprint density at radius 2 is 2.05 bits per heavy atom. The Hall–Kier alpha value is -1.65. The van der Waals surface area contributed by atoms with E-state index in [9.17, 15) is 4.79 Å². The van der Waals surface area contributed by atoms with E-state index in [-0.39, 0.29) is 0 Å². The molecule has 1 saturated heterocycles. The van der Waals surface area contributed by atoms with Crippen LogP contribution in [0, 0.1) is 0 Å². The molecule has 104 valence electrons. The summed E-state index contributed by atoms with van der Waals surface area (Å²) in [6, 6.07) is 2.02. The molecule has 5 nitrogen and oxygen atoms in total. The van der Waals surface area contributed by atoms with E-state index in [1.165, 1.54) is 6.42 Å². The quantitative estimate of drug-likeness (QED) is 0.811. The molecule has 0 spiro atoms. The van der Waals surface area contributed by atoms with Crippen LogP contribution in [0.1, 0.15) is 32.6 Å². The number of unbranched alkanes of at least 4 members (excludes halogenated alkanes) is 1. The van der Waals surface area contributed by atoms with Crippen LogP contribution < -0.4 is 9.80 Å². The fourth-order valence-electron chi connectivity index (χ4n) is 2.21. The van der Waals surface area contributed by atoms with Gasteiger partial charge in [0.15, 0.2) is 0 Å². The predicted molar refractivity (Wildman–Crippen MR) is 76.7 cm³/mol. The molecule has 1 aromatic rings. The van der Waals surface area contributed by atoms with Gasteiger partial charge in [-0.2, -0.15) is 0 Å². The maximum absolute atomic E-state index is 11.3. The Balaban J connectivity index is 2.04. The molecule has 0 amide bonds. The lowest BCUT2D eigenvalue weighted by atomic mass is 10.1. The summed E-state index contributed by atoms with van der Waals surface area (Å²) in [4.78, 5) is 24.2. The first kappa shape index (κ1) is 13.8. The second kappa shape index (κ2) is 6.50. The lowest BCUT2D eigenvalue weighted by molar-refractivity contribution is -0.119. The van der Waals surface area contributed by atoms with E-state index in [0.29, 0.717) is 18.6 Å². The third-order valence-corrected chi connectivity index (χ3v) is 3.52. The SMILES string of the molecule is CCCCN(C)c1cc(N2CCC(=O)CC2)ncn1. The Morgan fingerprint density at radius 3 is 2.74 bits per heavy atom. The zero-order valence-corrected chi connectivity index (χ0v) is 11.8. The van der Waals surface area contributed by atoms with Gasteiger partial charge in [0.25, 0.3) is 0 Å². The number of ketones is 1. The van der Waals surface area contributed by atoms with Gasteiger partial charge in [0.1, 0.15) is 23.7 Å². The van der Waals surface area contributed by atoms with Gasteiger partial charge in [0, 0.05) is 45.6 Å². The van der Waals surface area contributed by atoms with Crippen molar-refractivity contribution in [1.29, 1.82) is 0 Å². The highest BCUT2D eigenvalue weighted by atomic mass is 16.1. The number of carbonyl (C=O) groups is 1. The highest BCUT2D eigenvalue weighted by molar-refractivity contribution is 5.80. The van der Waals surface area contributed by atoms with Crippen LogP contribution in [0.5, 0.6) is 0 Å².